The van der Waals surface area contributed by atoms with E-state index in [0.717, 1.165) is 11.9 Å². The highest BCUT2D eigenvalue weighted by molar-refractivity contribution is 5.67. The molecule has 4 nitrogen and oxygen atoms in total. The van der Waals surface area contributed by atoms with Crippen LogP contribution < -0.4 is 0 Å². The zero-order chi connectivity index (χ0) is 17.5. The minimum atomic E-state index is -4.49. The summed E-state index contributed by atoms with van der Waals surface area (Å²) in [5.74, 6) is 0. The molecule has 1 N–H and O–H groups in total. The predicted molar refractivity (Wildman–Crippen MR) is 84.8 cm³/mol. The zero-order valence-electron chi connectivity index (χ0n) is 13.5. The Morgan fingerprint density at radius 3 is 2.42 bits per heavy atom. The molecule has 0 saturated heterocycles. The first-order valence-corrected chi connectivity index (χ1v) is 7.43. The van der Waals surface area contributed by atoms with E-state index >= 15 is 0 Å². The average molecular weight is 334 g/mol. The fourth-order valence-corrected chi connectivity index (χ4v) is 2.46. The maximum Gasteiger partial charge on any atom is 0.433 e. The van der Waals surface area contributed by atoms with Gasteiger partial charge in [0, 0.05) is 18.0 Å². The van der Waals surface area contributed by atoms with E-state index in [1.807, 2.05) is 26.8 Å². The predicted octanol–water partition coefficient (Wildman–Crippen LogP) is 4.58. The van der Waals surface area contributed by atoms with Gasteiger partial charge in [0.1, 0.15) is 11.4 Å². The Kier molecular flexibility index (Phi) is 3.74. The summed E-state index contributed by atoms with van der Waals surface area (Å²) in [6.45, 7) is 6.02. The summed E-state index contributed by atoms with van der Waals surface area (Å²) in [6.07, 6.45) is -0.0508. The van der Waals surface area contributed by atoms with Gasteiger partial charge < -0.3 is 4.98 Å². The number of alkyl halides is 3. The molecule has 0 atom stereocenters. The van der Waals surface area contributed by atoms with Crippen molar-refractivity contribution < 1.29 is 13.2 Å². The summed E-state index contributed by atoms with van der Waals surface area (Å²) >= 11 is 0. The minimum Gasteiger partial charge on any atom is -0.341 e. The molecule has 0 aliphatic rings. The van der Waals surface area contributed by atoms with Gasteiger partial charge >= 0.3 is 6.18 Å². The van der Waals surface area contributed by atoms with Crippen LogP contribution in [0.25, 0.3) is 16.9 Å². The number of imidazole rings is 1. The van der Waals surface area contributed by atoms with Crippen LogP contribution in [0.3, 0.4) is 0 Å². The lowest BCUT2D eigenvalue weighted by atomic mass is 9.85. The Balaban J connectivity index is 2.22. The molecule has 126 valence electrons. The number of hydrogen-bond donors (Lipinski definition) is 1. The number of aromatic amines is 1. The van der Waals surface area contributed by atoms with Crippen LogP contribution in [0.1, 0.15) is 32.0 Å². The molecule has 3 rings (SSSR count). The summed E-state index contributed by atoms with van der Waals surface area (Å²) in [5.41, 5.74) is 0.816. The van der Waals surface area contributed by atoms with Crippen molar-refractivity contribution in [3.8, 4) is 16.9 Å². The monoisotopic (exact) mass is 334 g/mol. The Morgan fingerprint density at radius 2 is 1.83 bits per heavy atom. The summed E-state index contributed by atoms with van der Waals surface area (Å²) in [5, 5.41) is 4.17. The van der Waals surface area contributed by atoms with Crippen molar-refractivity contribution in [1.29, 1.82) is 0 Å². The number of H-pyrrole nitrogens is 1. The smallest absolute Gasteiger partial charge is 0.341 e. The molecule has 1 aromatic carbocycles. The molecule has 0 aliphatic heterocycles. The van der Waals surface area contributed by atoms with Gasteiger partial charge in [-0.05, 0) is 35.2 Å². The molecule has 3 aromatic rings. The van der Waals surface area contributed by atoms with Crippen LogP contribution in [-0.4, -0.2) is 19.7 Å². The molecule has 24 heavy (non-hydrogen) atoms. The lowest BCUT2D eigenvalue weighted by Gasteiger charge is -2.21. The highest BCUT2D eigenvalue weighted by Gasteiger charge is 2.36. The van der Waals surface area contributed by atoms with Crippen LogP contribution in [0.5, 0.6) is 0 Å². The third-order valence-corrected chi connectivity index (χ3v) is 3.75. The summed E-state index contributed by atoms with van der Waals surface area (Å²) in [6, 6.07) is 7.10. The maximum absolute atomic E-state index is 13.2. The van der Waals surface area contributed by atoms with E-state index in [-0.39, 0.29) is 11.1 Å². The normalized spacial score (nSPS) is 12.6. The van der Waals surface area contributed by atoms with Crippen LogP contribution in [0.15, 0.2) is 43.0 Å². The second-order valence-electron chi connectivity index (χ2n) is 6.59. The molecular weight excluding hydrogens is 317 g/mol. The summed E-state index contributed by atoms with van der Waals surface area (Å²) in [4.78, 5) is 6.09. The second-order valence-corrected chi connectivity index (χ2v) is 6.59. The highest BCUT2D eigenvalue weighted by atomic mass is 19.4. The van der Waals surface area contributed by atoms with Crippen LogP contribution in [0.2, 0.25) is 0 Å². The Labute approximate surface area is 137 Å². The largest absolute Gasteiger partial charge is 0.433 e. The quantitative estimate of drug-likeness (QED) is 0.746. The molecule has 0 fully saturated rings. The molecule has 0 bridgehead atoms. The molecular formula is C17H17F3N4. The van der Waals surface area contributed by atoms with E-state index in [9.17, 15) is 13.2 Å². The number of hydrogen-bond acceptors (Lipinski definition) is 2. The molecule has 0 aliphatic carbocycles. The lowest BCUT2D eigenvalue weighted by molar-refractivity contribution is -0.140. The lowest BCUT2D eigenvalue weighted by Crippen LogP contribution is -2.13. The molecule has 0 spiro atoms. The number of halogens is 3. The van der Waals surface area contributed by atoms with Gasteiger partial charge in [-0.1, -0.05) is 20.8 Å². The number of nitrogens with zero attached hydrogens (tertiary/aromatic N) is 3. The number of benzene rings is 1. The molecule has 0 radical (unpaired) electrons. The van der Waals surface area contributed by atoms with Gasteiger partial charge in [0.05, 0.1) is 12.0 Å². The topological polar surface area (TPSA) is 46.5 Å². The first kappa shape index (κ1) is 16.3. The molecule has 0 saturated carbocycles. The Bertz CT molecular complexity index is 840. The van der Waals surface area contributed by atoms with Gasteiger partial charge in [-0.25, -0.2) is 9.67 Å². The van der Waals surface area contributed by atoms with Crippen LogP contribution in [-0.2, 0) is 11.6 Å². The first-order chi connectivity index (χ1) is 11.2. The van der Waals surface area contributed by atoms with E-state index < -0.39 is 11.9 Å². The van der Waals surface area contributed by atoms with Gasteiger partial charge in [0.25, 0.3) is 0 Å². The molecule has 7 heteroatoms. The fraction of sp³-hybridized carbons (Fsp3) is 0.294. The Morgan fingerprint density at radius 1 is 1.08 bits per heavy atom. The summed E-state index contributed by atoms with van der Waals surface area (Å²) < 4.78 is 41.2. The van der Waals surface area contributed by atoms with Crippen LogP contribution >= 0.6 is 0 Å². The van der Waals surface area contributed by atoms with E-state index in [4.69, 9.17) is 0 Å². The molecule has 2 heterocycles. The second kappa shape index (κ2) is 5.51. The highest BCUT2D eigenvalue weighted by Crippen LogP contribution is 2.37. The van der Waals surface area contributed by atoms with Crippen LogP contribution in [0.4, 0.5) is 13.2 Å². The first-order valence-electron chi connectivity index (χ1n) is 7.43. The van der Waals surface area contributed by atoms with Crippen molar-refractivity contribution in [3.63, 3.8) is 0 Å². The Hall–Kier alpha value is -2.57. The molecule has 0 unspecified atom stereocenters. The SMILES string of the molecule is CC(C)(C)c1cc(-c2nc[nH]c2C(F)(F)F)cc(-n2cccn2)c1. The third-order valence-electron chi connectivity index (χ3n) is 3.75. The number of rotatable bonds is 2. The van der Waals surface area contributed by atoms with Crippen molar-refractivity contribution in [2.24, 2.45) is 0 Å². The molecule has 2 aromatic heterocycles. The zero-order valence-corrected chi connectivity index (χ0v) is 13.5. The van der Waals surface area contributed by atoms with Crippen molar-refractivity contribution in [1.82, 2.24) is 19.7 Å². The van der Waals surface area contributed by atoms with Crippen molar-refractivity contribution in [2.75, 3.05) is 0 Å². The van der Waals surface area contributed by atoms with Crippen molar-refractivity contribution in [2.45, 2.75) is 32.4 Å². The molecule has 0 amide bonds. The number of nitrogens with one attached hydrogen (secondary N) is 1. The van der Waals surface area contributed by atoms with Crippen molar-refractivity contribution in [3.05, 3.63) is 54.2 Å². The van der Waals surface area contributed by atoms with Gasteiger partial charge in [-0.2, -0.15) is 18.3 Å². The third kappa shape index (κ3) is 3.06. The fourth-order valence-electron chi connectivity index (χ4n) is 2.46. The average Bonchev–Trinajstić information content (AvgIpc) is 3.16. The van der Waals surface area contributed by atoms with E-state index in [0.29, 0.717) is 11.3 Å². The number of aromatic nitrogens is 4. The van der Waals surface area contributed by atoms with Gasteiger partial charge in [-0.3, -0.25) is 0 Å². The van der Waals surface area contributed by atoms with E-state index in [2.05, 4.69) is 15.1 Å². The van der Waals surface area contributed by atoms with E-state index in [1.165, 1.54) is 0 Å². The van der Waals surface area contributed by atoms with Gasteiger partial charge in [-0.15, -0.1) is 0 Å². The standard InChI is InChI=1S/C17H17F3N4/c1-16(2,3)12-7-11(8-13(9-12)24-6-4-5-23-24)14-15(17(18,19)20)22-10-21-14/h4-10H,1-3H3,(H,21,22). The maximum atomic E-state index is 13.2. The van der Waals surface area contributed by atoms with Crippen molar-refractivity contribution >= 4 is 0 Å². The minimum absolute atomic E-state index is 0.109. The summed E-state index contributed by atoms with van der Waals surface area (Å²) in [7, 11) is 0. The van der Waals surface area contributed by atoms with Gasteiger partial charge in [0.15, 0.2) is 0 Å². The van der Waals surface area contributed by atoms with Crippen LogP contribution in [0, 0.1) is 0 Å². The van der Waals surface area contributed by atoms with Gasteiger partial charge in [0.2, 0.25) is 0 Å². The van der Waals surface area contributed by atoms with E-state index in [1.54, 1.807) is 35.3 Å².